The van der Waals surface area contributed by atoms with Gasteiger partial charge in [-0.15, -0.1) is 0 Å². The Labute approximate surface area is 152 Å². The molecule has 5 nitrogen and oxygen atoms in total. The number of ether oxygens (including phenoxy) is 1. The first-order valence-corrected chi connectivity index (χ1v) is 7.87. The Balaban J connectivity index is 2.34. The van der Waals surface area contributed by atoms with Crippen molar-refractivity contribution in [2.75, 3.05) is 12.4 Å². The third kappa shape index (κ3) is 4.28. The average Bonchev–Trinajstić information content (AvgIpc) is 2.54. The first-order valence-electron chi connectivity index (χ1n) is 6.70. The number of nitriles is 1. The molecule has 0 fully saturated rings. The number of hydrogen-bond acceptors (Lipinski definition) is 4. The topological polar surface area (TPSA) is 82.3 Å². The molecule has 2 aromatic carbocycles. The number of amides is 1. The van der Waals surface area contributed by atoms with Crippen LogP contribution in [0.1, 0.15) is 5.56 Å². The molecule has 1 amide bonds. The van der Waals surface area contributed by atoms with Crippen LogP contribution < -0.4 is 10.1 Å². The summed E-state index contributed by atoms with van der Waals surface area (Å²) in [7, 11) is 1.48. The van der Waals surface area contributed by atoms with Gasteiger partial charge in [-0.2, -0.15) is 5.26 Å². The van der Waals surface area contributed by atoms with Crippen molar-refractivity contribution >= 4 is 45.2 Å². The molecule has 0 heterocycles. The summed E-state index contributed by atoms with van der Waals surface area (Å²) in [6.45, 7) is 0. The van der Waals surface area contributed by atoms with Crippen LogP contribution in [-0.2, 0) is 4.79 Å². The van der Waals surface area contributed by atoms with E-state index in [0.29, 0.717) is 26.5 Å². The van der Waals surface area contributed by atoms with Gasteiger partial charge in [-0.1, -0.05) is 11.6 Å². The van der Waals surface area contributed by atoms with Gasteiger partial charge in [-0.25, -0.2) is 0 Å². The van der Waals surface area contributed by atoms with Gasteiger partial charge in [0.25, 0.3) is 5.91 Å². The number of benzene rings is 2. The number of methoxy groups -OCH3 is 1. The molecule has 0 aliphatic rings. The van der Waals surface area contributed by atoms with E-state index in [4.69, 9.17) is 16.3 Å². The molecule has 0 saturated heterocycles. The molecular formula is C17H12BrClN2O3. The van der Waals surface area contributed by atoms with Crippen molar-refractivity contribution in [1.82, 2.24) is 0 Å². The minimum absolute atomic E-state index is 0.0811. The van der Waals surface area contributed by atoms with E-state index in [1.807, 2.05) is 6.07 Å². The van der Waals surface area contributed by atoms with Crippen LogP contribution in [0.5, 0.6) is 11.5 Å². The van der Waals surface area contributed by atoms with Gasteiger partial charge >= 0.3 is 0 Å². The number of aromatic hydroxyl groups is 1. The van der Waals surface area contributed by atoms with E-state index in [1.54, 1.807) is 12.1 Å². The van der Waals surface area contributed by atoms with Crippen LogP contribution in [0.2, 0.25) is 5.02 Å². The molecule has 2 aromatic rings. The molecule has 2 rings (SSSR count). The molecule has 0 atom stereocenters. The third-order valence-electron chi connectivity index (χ3n) is 3.03. The Bertz CT molecular complexity index is 842. The Hall–Kier alpha value is -2.49. The number of carbonyl (C=O) groups excluding carboxylic acids is 1. The smallest absolute Gasteiger partial charge is 0.266 e. The third-order valence-corrected chi connectivity index (χ3v) is 3.84. The molecule has 2 N–H and O–H groups in total. The van der Waals surface area contributed by atoms with Crippen molar-refractivity contribution in [3.63, 3.8) is 0 Å². The lowest BCUT2D eigenvalue weighted by Gasteiger charge is -2.09. The maximum Gasteiger partial charge on any atom is 0.266 e. The SMILES string of the molecule is COc1c(Br)cc(Cl)cc1/C=C(\C#N)C(=O)Nc1ccc(O)cc1. The van der Waals surface area contributed by atoms with Crippen LogP contribution in [0.15, 0.2) is 46.4 Å². The van der Waals surface area contributed by atoms with Crippen molar-refractivity contribution in [3.8, 4) is 17.6 Å². The molecule has 24 heavy (non-hydrogen) atoms. The van der Waals surface area contributed by atoms with E-state index in [1.165, 1.54) is 37.5 Å². The molecule has 0 unspecified atom stereocenters. The second-order valence-electron chi connectivity index (χ2n) is 4.68. The van der Waals surface area contributed by atoms with Crippen LogP contribution in [0.3, 0.4) is 0 Å². The second-order valence-corrected chi connectivity index (χ2v) is 5.97. The Morgan fingerprint density at radius 1 is 1.38 bits per heavy atom. The number of anilines is 1. The largest absolute Gasteiger partial charge is 0.508 e. The zero-order valence-electron chi connectivity index (χ0n) is 12.5. The number of carbonyl (C=O) groups is 1. The van der Waals surface area contributed by atoms with Crippen molar-refractivity contribution in [3.05, 3.63) is 57.0 Å². The molecule has 122 valence electrons. The zero-order valence-corrected chi connectivity index (χ0v) is 14.9. The minimum atomic E-state index is -0.582. The quantitative estimate of drug-likeness (QED) is 0.448. The summed E-state index contributed by atoms with van der Waals surface area (Å²) in [5.74, 6) is -0.0384. The highest BCUT2D eigenvalue weighted by molar-refractivity contribution is 9.10. The fourth-order valence-corrected chi connectivity index (χ4v) is 2.95. The normalized spacial score (nSPS) is 10.8. The highest BCUT2D eigenvalue weighted by Crippen LogP contribution is 2.34. The van der Waals surface area contributed by atoms with E-state index < -0.39 is 5.91 Å². The number of phenols is 1. The standard InChI is InChI=1S/C17H12BrClN2O3/c1-24-16-10(7-12(19)8-15(16)18)6-11(9-20)17(23)21-13-2-4-14(22)5-3-13/h2-8,22H,1H3,(H,21,23)/b11-6+. The van der Waals surface area contributed by atoms with E-state index in [0.717, 1.165) is 0 Å². The number of halogens is 2. The molecule has 0 spiro atoms. The first-order chi connectivity index (χ1) is 11.4. The van der Waals surface area contributed by atoms with Crippen molar-refractivity contribution in [2.24, 2.45) is 0 Å². The summed E-state index contributed by atoms with van der Waals surface area (Å²) in [6.07, 6.45) is 1.39. The summed E-state index contributed by atoms with van der Waals surface area (Å²) >= 11 is 9.33. The van der Waals surface area contributed by atoms with E-state index in [9.17, 15) is 15.2 Å². The van der Waals surface area contributed by atoms with Gasteiger partial charge in [0.15, 0.2) is 0 Å². The predicted octanol–water partition coefficient (Wildman–Crippen LogP) is 4.36. The van der Waals surface area contributed by atoms with Crippen molar-refractivity contribution in [2.45, 2.75) is 0 Å². The number of phenolic OH excluding ortho intramolecular Hbond substituents is 1. The van der Waals surface area contributed by atoms with Crippen LogP contribution in [0.25, 0.3) is 6.08 Å². The summed E-state index contributed by atoms with van der Waals surface area (Å²) in [5, 5.41) is 21.5. The number of nitrogens with one attached hydrogen (secondary N) is 1. The Kier molecular flexibility index (Phi) is 5.85. The molecule has 7 heteroatoms. The van der Waals surface area contributed by atoms with Crippen molar-refractivity contribution < 1.29 is 14.6 Å². The first kappa shape index (κ1) is 17.9. The fraction of sp³-hybridized carbons (Fsp3) is 0.0588. The molecule has 0 aliphatic heterocycles. The number of hydrogen-bond donors (Lipinski definition) is 2. The lowest BCUT2D eigenvalue weighted by molar-refractivity contribution is -0.112. The van der Waals surface area contributed by atoms with Gasteiger partial charge in [-0.3, -0.25) is 4.79 Å². The molecule has 0 aromatic heterocycles. The maximum absolute atomic E-state index is 12.3. The van der Waals surface area contributed by atoms with E-state index in [-0.39, 0.29) is 11.3 Å². The van der Waals surface area contributed by atoms with Gasteiger partial charge < -0.3 is 15.2 Å². The van der Waals surface area contributed by atoms with E-state index in [2.05, 4.69) is 21.2 Å². The summed E-state index contributed by atoms with van der Waals surface area (Å²) in [5.41, 5.74) is 0.836. The van der Waals surface area contributed by atoms with Gasteiger partial charge in [0, 0.05) is 16.3 Å². The second kappa shape index (κ2) is 7.86. The average molecular weight is 408 g/mol. The van der Waals surface area contributed by atoms with Crippen LogP contribution in [0, 0.1) is 11.3 Å². The Morgan fingerprint density at radius 3 is 2.62 bits per heavy atom. The molecule has 0 aliphatic carbocycles. The lowest BCUT2D eigenvalue weighted by atomic mass is 10.1. The number of rotatable bonds is 4. The van der Waals surface area contributed by atoms with Crippen LogP contribution in [-0.4, -0.2) is 18.1 Å². The predicted molar refractivity (Wildman–Crippen MR) is 96.0 cm³/mol. The molecule has 0 radical (unpaired) electrons. The maximum atomic E-state index is 12.3. The monoisotopic (exact) mass is 406 g/mol. The van der Waals surface area contributed by atoms with Gasteiger partial charge in [-0.05, 0) is 58.4 Å². The molecular weight excluding hydrogens is 396 g/mol. The highest BCUT2D eigenvalue weighted by Gasteiger charge is 2.13. The number of nitrogens with zero attached hydrogens (tertiary/aromatic N) is 1. The summed E-state index contributed by atoms with van der Waals surface area (Å²) < 4.78 is 5.88. The minimum Gasteiger partial charge on any atom is -0.508 e. The lowest BCUT2D eigenvalue weighted by Crippen LogP contribution is -2.13. The van der Waals surface area contributed by atoms with Crippen LogP contribution in [0.4, 0.5) is 5.69 Å². The molecule has 0 saturated carbocycles. The van der Waals surface area contributed by atoms with Gasteiger partial charge in [0.2, 0.25) is 0 Å². The van der Waals surface area contributed by atoms with Crippen LogP contribution >= 0.6 is 27.5 Å². The van der Waals surface area contributed by atoms with Gasteiger partial charge in [0.05, 0.1) is 11.6 Å². The zero-order chi connectivity index (χ0) is 17.7. The van der Waals surface area contributed by atoms with E-state index >= 15 is 0 Å². The fourth-order valence-electron chi connectivity index (χ4n) is 1.95. The Morgan fingerprint density at radius 2 is 2.04 bits per heavy atom. The van der Waals surface area contributed by atoms with Gasteiger partial charge in [0.1, 0.15) is 23.1 Å². The summed E-state index contributed by atoms with van der Waals surface area (Å²) in [6, 6.07) is 11.0. The van der Waals surface area contributed by atoms with Crippen molar-refractivity contribution in [1.29, 1.82) is 5.26 Å². The highest BCUT2D eigenvalue weighted by atomic mass is 79.9. The summed E-state index contributed by atoms with van der Waals surface area (Å²) in [4.78, 5) is 12.3. The molecule has 0 bridgehead atoms.